The maximum atomic E-state index is 12.7. The maximum absolute atomic E-state index is 12.7. The van der Waals surface area contributed by atoms with Crippen molar-refractivity contribution in [3.05, 3.63) is 65.7 Å². The molecule has 0 aliphatic carbocycles. The first kappa shape index (κ1) is 19.0. The van der Waals surface area contributed by atoms with E-state index in [4.69, 9.17) is 4.74 Å². The summed E-state index contributed by atoms with van der Waals surface area (Å²) in [6, 6.07) is 17.8. The number of benzene rings is 2. The lowest BCUT2D eigenvalue weighted by atomic mass is 10.1. The van der Waals surface area contributed by atoms with Gasteiger partial charge in [0, 0.05) is 33.1 Å². The molecule has 0 aromatic heterocycles. The van der Waals surface area contributed by atoms with E-state index in [-0.39, 0.29) is 17.7 Å². The smallest absolute Gasteiger partial charge is 0.228 e. The molecule has 3 rings (SSSR count). The topological polar surface area (TPSA) is 49.9 Å². The highest BCUT2D eigenvalue weighted by molar-refractivity contribution is 5.89. The summed E-state index contributed by atoms with van der Waals surface area (Å²) in [5.74, 6) is 0.660. The van der Waals surface area contributed by atoms with E-state index in [1.54, 1.807) is 24.0 Å². The van der Waals surface area contributed by atoms with Crippen molar-refractivity contribution in [2.24, 2.45) is 5.92 Å². The Bertz CT molecular complexity index is 791. The summed E-state index contributed by atoms with van der Waals surface area (Å²) >= 11 is 0. The number of nitrogens with zero attached hydrogens (tertiary/aromatic N) is 2. The number of likely N-dealkylation sites (tertiary alicyclic amines) is 1. The zero-order valence-corrected chi connectivity index (χ0v) is 15.9. The van der Waals surface area contributed by atoms with Gasteiger partial charge in [-0.05, 0) is 29.7 Å². The molecule has 27 heavy (non-hydrogen) atoms. The van der Waals surface area contributed by atoms with E-state index in [1.165, 1.54) is 0 Å². The molecule has 1 aliphatic rings. The van der Waals surface area contributed by atoms with Gasteiger partial charge in [0.15, 0.2) is 0 Å². The van der Waals surface area contributed by atoms with Crippen LogP contribution in [0.4, 0.5) is 0 Å². The van der Waals surface area contributed by atoms with Crippen molar-refractivity contribution >= 4 is 11.8 Å². The maximum Gasteiger partial charge on any atom is 0.228 e. The zero-order valence-electron chi connectivity index (χ0n) is 15.9. The van der Waals surface area contributed by atoms with E-state index >= 15 is 0 Å². The van der Waals surface area contributed by atoms with Gasteiger partial charge in [-0.3, -0.25) is 9.59 Å². The molecule has 1 saturated heterocycles. The molecule has 0 N–H and O–H groups in total. The van der Waals surface area contributed by atoms with Crippen molar-refractivity contribution < 1.29 is 14.3 Å². The molecule has 0 radical (unpaired) electrons. The van der Waals surface area contributed by atoms with E-state index < -0.39 is 0 Å². The normalized spacial score (nSPS) is 16.4. The van der Waals surface area contributed by atoms with Gasteiger partial charge in [0.1, 0.15) is 5.75 Å². The number of ether oxygens (including phenoxy) is 1. The number of methoxy groups -OCH3 is 1. The molecular weight excluding hydrogens is 340 g/mol. The summed E-state index contributed by atoms with van der Waals surface area (Å²) in [7, 11) is 3.45. The molecule has 0 spiro atoms. The number of hydrogen-bond donors (Lipinski definition) is 0. The van der Waals surface area contributed by atoms with E-state index in [2.05, 4.69) is 0 Å². The molecule has 1 unspecified atom stereocenters. The predicted molar refractivity (Wildman–Crippen MR) is 104 cm³/mol. The van der Waals surface area contributed by atoms with Crippen LogP contribution < -0.4 is 4.74 Å². The van der Waals surface area contributed by atoms with Crippen LogP contribution in [-0.2, 0) is 22.6 Å². The van der Waals surface area contributed by atoms with Crippen molar-refractivity contribution in [3.8, 4) is 5.75 Å². The molecule has 5 heteroatoms. The van der Waals surface area contributed by atoms with Crippen molar-refractivity contribution in [1.82, 2.24) is 9.80 Å². The van der Waals surface area contributed by atoms with Crippen LogP contribution in [0.15, 0.2) is 54.6 Å². The summed E-state index contributed by atoms with van der Waals surface area (Å²) < 4.78 is 5.24. The average molecular weight is 366 g/mol. The third-order valence-electron chi connectivity index (χ3n) is 5.01. The molecule has 2 aromatic carbocycles. The zero-order chi connectivity index (χ0) is 19.2. The summed E-state index contributed by atoms with van der Waals surface area (Å²) in [4.78, 5) is 28.6. The van der Waals surface area contributed by atoms with Crippen molar-refractivity contribution in [2.75, 3.05) is 27.2 Å². The van der Waals surface area contributed by atoms with Crippen molar-refractivity contribution in [1.29, 1.82) is 0 Å². The molecule has 0 saturated carbocycles. The fourth-order valence-electron chi connectivity index (χ4n) is 3.49. The number of hydrogen-bond acceptors (Lipinski definition) is 3. The van der Waals surface area contributed by atoms with Gasteiger partial charge in [-0.25, -0.2) is 0 Å². The van der Waals surface area contributed by atoms with Crippen molar-refractivity contribution in [2.45, 2.75) is 19.4 Å². The average Bonchev–Trinajstić information content (AvgIpc) is 3.07. The van der Waals surface area contributed by atoms with Crippen LogP contribution in [0.3, 0.4) is 0 Å². The lowest BCUT2D eigenvalue weighted by Crippen LogP contribution is -2.34. The second-order valence-electron chi connectivity index (χ2n) is 7.02. The Labute approximate surface area is 160 Å². The second kappa shape index (κ2) is 8.71. The standard InChI is InChI=1S/C22H26N2O3/c1-23(15-18-7-4-3-5-8-18)22(26)19-14-21(25)24(16-19)12-11-17-9-6-10-20(13-17)27-2/h3-10,13,19H,11-12,14-16H2,1-2H3. The molecule has 1 heterocycles. The third kappa shape index (κ3) is 4.88. The van der Waals surface area contributed by atoms with Gasteiger partial charge in [-0.15, -0.1) is 0 Å². The summed E-state index contributed by atoms with van der Waals surface area (Å²) in [5, 5.41) is 0. The Morgan fingerprint density at radius 1 is 1.15 bits per heavy atom. The third-order valence-corrected chi connectivity index (χ3v) is 5.01. The van der Waals surface area contributed by atoms with Crippen LogP contribution in [0.1, 0.15) is 17.5 Å². The van der Waals surface area contributed by atoms with E-state index in [0.29, 0.717) is 26.1 Å². The van der Waals surface area contributed by atoms with Crippen molar-refractivity contribution in [3.63, 3.8) is 0 Å². The van der Waals surface area contributed by atoms with Gasteiger partial charge in [0.2, 0.25) is 11.8 Å². The summed E-state index contributed by atoms with van der Waals surface area (Å²) in [5.41, 5.74) is 2.21. The Balaban J connectivity index is 1.53. The highest BCUT2D eigenvalue weighted by atomic mass is 16.5. The quantitative estimate of drug-likeness (QED) is 0.757. The summed E-state index contributed by atoms with van der Waals surface area (Å²) in [6.45, 7) is 1.69. The molecule has 5 nitrogen and oxygen atoms in total. The molecular formula is C22H26N2O3. The number of carbonyl (C=O) groups is 2. The first-order valence-corrected chi connectivity index (χ1v) is 9.26. The van der Waals surface area contributed by atoms with Gasteiger partial charge in [-0.2, -0.15) is 0 Å². The minimum atomic E-state index is -0.253. The van der Waals surface area contributed by atoms with Crippen LogP contribution in [0.25, 0.3) is 0 Å². The number of carbonyl (C=O) groups excluding carboxylic acids is 2. The number of amides is 2. The van der Waals surface area contributed by atoms with Gasteiger partial charge in [0.25, 0.3) is 0 Å². The Morgan fingerprint density at radius 2 is 1.89 bits per heavy atom. The van der Waals surface area contributed by atoms with Gasteiger partial charge >= 0.3 is 0 Å². The van der Waals surface area contributed by atoms with Crippen LogP contribution in [0, 0.1) is 5.92 Å². The highest BCUT2D eigenvalue weighted by Crippen LogP contribution is 2.21. The molecule has 2 aromatic rings. The number of rotatable bonds is 7. The minimum Gasteiger partial charge on any atom is -0.497 e. The monoisotopic (exact) mass is 366 g/mol. The van der Waals surface area contributed by atoms with Gasteiger partial charge < -0.3 is 14.5 Å². The molecule has 142 valence electrons. The Kier molecular flexibility index (Phi) is 6.12. The highest BCUT2D eigenvalue weighted by Gasteiger charge is 2.35. The second-order valence-corrected chi connectivity index (χ2v) is 7.02. The van der Waals surface area contributed by atoms with Gasteiger partial charge in [0.05, 0.1) is 13.0 Å². The van der Waals surface area contributed by atoms with Crippen LogP contribution in [-0.4, -0.2) is 48.9 Å². The predicted octanol–water partition coefficient (Wildman–Crippen LogP) is 2.74. The fraction of sp³-hybridized carbons (Fsp3) is 0.364. The first-order valence-electron chi connectivity index (χ1n) is 9.26. The lowest BCUT2D eigenvalue weighted by molar-refractivity contribution is -0.135. The summed E-state index contributed by atoms with van der Waals surface area (Å²) in [6.07, 6.45) is 1.06. The molecule has 1 atom stereocenters. The van der Waals surface area contributed by atoms with E-state index in [0.717, 1.165) is 23.3 Å². The Morgan fingerprint density at radius 3 is 2.63 bits per heavy atom. The molecule has 1 aliphatic heterocycles. The fourth-order valence-corrected chi connectivity index (χ4v) is 3.49. The van der Waals surface area contributed by atoms with Crippen LogP contribution in [0.5, 0.6) is 5.75 Å². The van der Waals surface area contributed by atoms with E-state index in [9.17, 15) is 9.59 Å². The van der Waals surface area contributed by atoms with Crippen LogP contribution in [0.2, 0.25) is 0 Å². The van der Waals surface area contributed by atoms with Crippen LogP contribution >= 0.6 is 0 Å². The lowest BCUT2D eigenvalue weighted by Gasteiger charge is -2.21. The minimum absolute atomic E-state index is 0.0380. The van der Waals surface area contributed by atoms with E-state index in [1.807, 2.05) is 54.6 Å². The molecule has 1 fully saturated rings. The SMILES string of the molecule is COc1cccc(CCN2CC(C(=O)N(C)Cc3ccccc3)CC2=O)c1. The molecule has 0 bridgehead atoms. The first-order chi connectivity index (χ1) is 13.1. The Hall–Kier alpha value is -2.82. The largest absolute Gasteiger partial charge is 0.497 e. The molecule has 2 amide bonds. The van der Waals surface area contributed by atoms with Gasteiger partial charge in [-0.1, -0.05) is 42.5 Å².